The Morgan fingerprint density at radius 3 is 2.67 bits per heavy atom. The molecule has 0 radical (unpaired) electrons. The van der Waals surface area contributed by atoms with Gasteiger partial charge < -0.3 is 4.42 Å². The normalized spacial score (nSPS) is 12.2. The predicted octanol–water partition coefficient (Wildman–Crippen LogP) is 1.44. The number of hydrogen-bond donors (Lipinski definition) is 1. The lowest BCUT2D eigenvalue weighted by molar-refractivity contribution is 0.462. The molecule has 2 rings (SSSR count). The summed E-state index contributed by atoms with van der Waals surface area (Å²) in [6, 6.07) is 1.74. The van der Waals surface area contributed by atoms with Crippen molar-refractivity contribution in [1.29, 1.82) is 0 Å². The van der Waals surface area contributed by atoms with E-state index in [2.05, 4.69) is 10.2 Å². The van der Waals surface area contributed by atoms with Crippen LogP contribution in [0.4, 0.5) is 0 Å². The molecule has 0 aliphatic heterocycles. The van der Waals surface area contributed by atoms with Crippen molar-refractivity contribution in [2.45, 2.75) is 25.3 Å². The van der Waals surface area contributed by atoms with Crippen LogP contribution in [0.3, 0.4) is 0 Å². The second kappa shape index (κ2) is 4.58. The van der Waals surface area contributed by atoms with Gasteiger partial charge >= 0.3 is 0 Å². The third-order valence-corrected chi connectivity index (χ3v) is 4.78. The second-order valence-electron chi connectivity index (χ2n) is 4.16. The summed E-state index contributed by atoms with van der Waals surface area (Å²) in [6.07, 6.45) is 3.05. The molecule has 98 valence electrons. The molecule has 0 saturated heterocycles. The van der Waals surface area contributed by atoms with Crippen LogP contribution in [0.15, 0.2) is 27.9 Å². The van der Waals surface area contributed by atoms with E-state index >= 15 is 0 Å². The summed E-state index contributed by atoms with van der Waals surface area (Å²) in [7, 11) is -2.00. The molecule has 0 aliphatic rings. The standard InChI is InChI=1S/C11H15N3O3S/c1-8-11(9(2)13-12-8)18(15,16)14(3)6-10-4-5-17-7-10/h4-5,7H,6H2,1-3H3,(H,12,13). The van der Waals surface area contributed by atoms with Crippen LogP contribution >= 0.6 is 0 Å². The van der Waals surface area contributed by atoms with Crippen LogP contribution in [0.5, 0.6) is 0 Å². The molecular weight excluding hydrogens is 254 g/mol. The molecule has 1 N–H and O–H groups in total. The van der Waals surface area contributed by atoms with Crippen molar-refractivity contribution in [3.05, 3.63) is 35.5 Å². The van der Waals surface area contributed by atoms with Crippen LogP contribution in [-0.4, -0.2) is 30.0 Å². The van der Waals surface area contributed by atoms with E-state index in [1.165, 1.54) is 23.9 Å². The molecule has 7 heteroatoms. The zero-order chi connectivity index (χ0) is 13.3. The van der Waals surface area contributed by atoms with Crippen LogP contribution in [0.1, 0.15) is 17.0 Å². The van der Waals surface area contributed by atoms with Crippen molar-refractivity contribution in [3.63, 3.8) is 0 Å². The van der Waals surface area contributed by atoms with E-state index in [-0.39, 0.29) is 11.4 Å². The molecule has 2 heterocycles. The molecule has 0 unspecified atom stereocenters. The van der Waals surface area contributed by atoms with Gasteiger partial charge in [0.2, 0.25) is 10.0 Å². The highest BCUT2D eigenvalue weighted by Gasteiger charge is 2.27. The smallest absolute Gasteiger partial charge is 0.246 e. The van der Waals surface area contributed by atoms with Crippen molar-refractivity contribution < 1.29 is 12.8 Å². The summed E-state index contributed by atoms with van der Waals surface area (Å²) in [5.74, 6) is 0. The van der Waals surface area contributed by atoms with E-state index in [1.807, 2.05) is 0 Å². The number of nitrogens with one attached hydrogen (secondary N) is 1. The Balaban J connectivity index is 2.32. The zero-order valence-corrected chi connectivity index (χ0v) is 11.3. The lowest BCUT2D eigenvalue weighted by Gasteiger charge is -2.16. The molecule has 0 atom stereocenters. The number of sulfonamides is 1. The first-order valence-electron chi connectivity index (χ1n) is 5.42. The second-order valence-corrected chi connectivity index (χ2v) is 6.14. The fourth-order valence-electron chi connectivity index (χ4n) is 1.80. The maximum Gasteiger partial charge on any atom is 0.246 e. The molecule has 0 saturated carbocycles. The number of nitrogens with zero attached hydrogens (tertiary/aromatic N) is 2. The highest BCUT2D eigenvalue weighted by Crippen LogP contribution is 2.21. The van der Waals surface area contributed by atoms with Crippen molar-refractivity contribution in [2.24, 2.45) is 0 Å². The van der Waals surface area contributed by atoms with Gasteiger partial charge in [-0.3, -0.25) is 5.10 Å². The molecule has 0 spiro atoms. The molecular formula is C11H15N3O3S. The quantitative estimate of drug-likeness (QED) is 0.910. The van der Waals surface area contributed by atoms with Crippen LogP contribution in [0.2, 0.25) is 0 Å². The fraction of sp³-hybridized carbons (Fsp3) is 0.364. The van der Waals surface area contributed by atoms with Gasteiger partial charge in [-0.15, -0.1) is 0 Å². The molecule has 0 bridgehead atoms. The Bertz CT molecular complexity index is 609. The van der Waals surface area contributed by atoms with Gasteiger partial charge in [-0.25, -0.2) is 8.42 Å². The van der Waals surface area contributed by atoms with Gasteiger partial charge in [-0.1, -0.05) is 0 Å². The number of rotatable bonds is 4. The minimum absolute atomic E-state index is 0.244. The Morgan fingerprint density at radius 2 is 2.17 bits per heavy atom. The summed E-state index contributed by atoms with van der Waals surface area (Å²) in [4.78, 5) is 0.244. The van der Waals surface area contributed by atoms with Crippen molar-refractivity contribution in [2.75, 3.05) is 7.05 Å². The lowest BCUT2D eigenvalue weighted by Crippen LogP contribution is -2.27. The van der Waals surface area contributed by atoms with E-state index in [0.717, 1.165) is 5.56 Å². The number of aromatic nitrogens is 2. The lowest BCUT2D eigenvalue weighted by atomic mass is 10.3. The van der Waals surface area contributed by atoms with Crippen LogP contribution in [0, 0.1) is 13.8 Å². The highest BCUT2D eigenvalue weighted by molar-refractivity contribution is 7.89. The van der Waals surface area contributed by atoms with Gasteiger partial charge in [0.1, 0.15) is 4.90 Å². The Hall–Kier alpha value is -1.60. The van der Waals surface area contributed by atoms with Crippen molar-refractivity contribution >= 4 is 10.0 Å². The van der Waals surface area contributed by atoms with E-state index < -0.39 is 10.0 Å². The maximum absolute atomic E-state index is 12.4. The number of aromatic amines is 1. The first-order valence-corrected chi connectivity index (χ1v) is 6.86. The number of H-pyrrole nitrogens is 1. The van der Waals surface area contributed by atoms with Crippen LogP contribution in [-0.2, 0) is 16.6 Å². The molecule has 0 aromatic carbocycles. The molecule has 0 fully saturated rings. The molecule has 6 nitrogen and oxygen atoms in total. The van der Waals surface area contributed by atoms with E-state index in [4.69, 9.17) is 4.42 Å². The Morgan fingerprint density at radius 1 is 1.44 bits per heavy atom. The first kappa shape index (κ1) is 12.8. The summed E-state index contributed by atoms with van der Waals surface area (Å²) in [5.41, 5.74) is 1.83. The summed E-state index contributed by atoms with van der Waals surface area (Å²) in [6.45, 7) is 3.63. The van der Waals surface area contributed by atoms with Crippen molar-refractivity contribution in [3.8, 4) is 0 Å². The summed E-state index contributed by atoms with van der Waals surface area (Å²) >= 11 is 0. The van der Waals surface area contributed by atoms with E-state index in [1.54, 1.807) is 19.9 Å². The molecule has 0 amide bonds. The van der Waals surface area contributed by atoms with Gasteiger partial charge in [0.25, 0.3) is 0 Å². The largest absolute Gasteiger partial charge is 0.472 e. The van der Waals surface area contributed by atoms with Crippen LogP contribution < -0.4 is 0 Å². The average Bonchev–Trinajstić information content (AvgIpc) is 2.89. The van der Waals surface area contributed by atoms with E-state index in [9.17, 15) is 8.42 Å². The first-order chi connectivity index (χ1) is 8.43. The number of furan rings is 1. The fourth-order valence-corrected chi connectivity index (χ4v) is 3.28. The molecule has 2 aromatic rings. The number of hydrogen-bond acceptors (Lipinski definition) is 4. The zero-order valence-electron chi connectivity index (χ0n) is 10.5. The van der Waals surface area contributed by atoms with Gasteiger partial charge in [-0.2, -0.15) is 9.40 Å². The summed E-state index contributed by atoms with van der Waals surface area (Å²) < 4.78 is 31.0. The van der Waals surface area contributed by atoms with E-state index in [0.29, 0.717) is 11.4 Å². The minimum atomic E-state index is -3.54. The topological polar surface area (TPSA) is 79.2 Å². The molecule has 2 aromatic heterocycles. The SMILES string of the molecule is Cc1n[nH]c(C)c1S(=O)(=O)N(C)Cc1ccoc1. The van der Waals surface area contributed by atoms with Gasteiger partial charge in [0.15, 0.2) is 0 Å². The van der Waals surface area contributed by atoms with Gasteiger partial charge in [-0.05, 0) is 19.9 Å². The minimum Gasteiger partial charge on any atom is -0.472 e. The Kier molecular flexibility index (Phi) is 3.27. The Labute approximate surface area is 106 Å². The highest BCUT2D eigenvalue weighted by atomic mass is 32.2. The monoisotopic (exact) mass is 269 g/mol. The van der Waals surface area contributed by atoms with Crippen LogP contribution in [0.25, 0.3) is 0 Å². The predicted molar refractivity (Wildman–Crippen MR) is 65.4 cm³/mol. The number of aryl methyl sites for hydroxylation is 2. The average molecular weight is 269 g/mol. The maximum atomic E-state index is 12.4. The van der Waals surface area contributed by atoms with Crippen molar-refractivity contribution in [1.82, 2.24) is 14.5 Å². The third kappa shape index (κ3) is 2.19. The third-order valence-electron chi connectivity index (χ3n) is 2.71. The molecule has 0 aliphatic carbocycles. The molecule has 18 heavy (non-hydrogen) atoms. The van der Waals surface area contributed by atoms with Gasteiger partial charge in [0.05, 0.1) is 23.9 Å². The summed E-state index contributed by atoms with van der Waals surface area (Å²) in [5, 5.41) is 6.59. The van der Waals surface area contributed by atoms with Gasteiger partial charge in [0, 0.05) is 19.2 Å².